The first kappa shape index (κ1) is 18.8. The standard InChI is InChI=1S/C17H26ClN3O3/c1-19-17(20-7-3-9-23-16-6-10-22-13-16)21-8-11-24-15-5-2-4-14(18)12-15/h2,4-5,12,16H,3,6-11,13H2,1H3,(H2,19,20,21). The molecule has 1 heterocycles. The Kier molecular flexibility index (Phi) is 8.73. The quantitative estimate of drug-likeness (QED) is 0.403. The summed E-state index contributed by atoms with van der Waals surface area (Å²) in [5, 5.41) is 7.13. The van der Waals surface area contributed by atoms with Crippen LogP contribution in [0, 0.1) is 0 Å². The van der Waals surface area contributed by atoms with E-state index in [1.165, 1.54) is 0 Å². The lowest BCUT2D eigenvalue weighted by Crippen LogP contribution is -2.40. The highest BCUT2D eigenvalue weighted by Gasteiger charge is 2.15. The molecule has 1 saturated heterocycles. The minimum absolute atomic E-state index is 0.270. The fourth-order valence-electron chi connectivity index (χ4n) is 2.29. The molecule has 0 saturated carbocycles. The van der Waals surface area contributed by atoms with Gasteiger partial charge in [-0.2, -0.15) is 0 Å². The van der Waals surface area contributed by atoms with E-state index in [-0.39, 0.29) is 6.10 Å². The molecule has 1 fully saturated rings. The van der Waals surface area contributed by atoms with Crippen LogP contribution < -0.4 is 15.4 Å². The molecule has 1 unspecified atom stereocenters. The molecular weight excluding hydrogens is 330 g/mol. The van der Waals surface area contributed by atoms with Gasteiger partial charge in [0.05, 0.1) is 19.3 Å². The lowest BCUT2D eigenvalue weighted by Gasteiger charge is -2.13. The predicted octanol–water partition coefficient (Wildman–Crippen LogP) is 2.08. The molecule has 0 bridgehead atoms. The van der Waals surface area contributed by atoms with Gasteiger partial charge in [-0.25, -0.2) is 0 Å². The molecule has 6 nitrogen and oxygen atoms in total. The second kappa shape index (κ2) is 11.1. The summed E-state index contributed by atoms with van der Waals surface area (Å²) in [4.78, 5) is 4.18. The SMILES string of the molecule is CN=C(NCCCOC1CCOC1)NCCOc1cccc(Cl)c1. The van der Waals surface area contributed by atoms with Crippen LogP contribution in [0.25, 0.3) is 0 Å². The van der Waals surface area contributed by atoms with Gasteiger partial charge in [0.25, 0.3) is 0 Å². The van der Waals surface area contributed by atoms with Gasteiger partial charge >= 0.3 is 0 Å². The molecule has 1 aromatic carbocycles. The van der Waals surface area contributed by atoms with Crippen molar-refractivity contribution in [2.45, 2.75) is 18.9 Å². The average molecular weight is 356 g/mol. The molecule has 0 radical (unpaired) electrons. The molecule has 134 valence electrons. The van der Waals surface area contributed by atoms with E-state index >= 15 is 0 Å². The van der Waals surface area contributed by atoms with Gasteiger partial charge in [0, 0.05) is 31.8 Å². The Morgan fingerprint density at radius 3 is 2.96 bits per heavy atom. The van der Waals surface area contributed by atoms with Gasteiger partial charge in [-0.15, -0.1) is 0 Å². The lowest BCUT2D eigenvalue weighted by molar-refractivity contribution is 0.0420. The molecule has 24 heavy (non-hydrogen) atoms. The normalized spacial score (nSPS) is 17.8. The summed E-state index contributed by atoms with van der Waals surface area (Å²) in [6, 6.07) is 7.37. The van der Waals surface area contributed by atoms with Gasteiger partial charge in [-0.3, -0.25) is 4.99 Å². The molecular formula is C17H26ClN3O3. The van der Waals surface area contributed by atoms with Crippen LogP contribution in [0.1, 0.15) is 12.8 Å². The van der Waals surface area contributed by atoms with E-state index in [2.05, 4.69) is 15.6 Å². The molecule has 0 spiro atoms. The summed E-state index contributed by atoms with van der Waals surface area (Å²) in [5.74, 6) is 1.52. The number of ether oxygens (including phenoxy) is 3. The molecule has 2 rings (SSSR count). The minimum atomic E-state index is 0.270. The highest BCUT2D eigenvalue weighted by Crippen LogP contribution is 2.16. The molecule has 1 aromatic rings. The van der Waals surface area contributed by atoms with E-state index in [1.54, 1.807) is 13.1 Å². The zero-order valence-corrected chi connectivity index (χ0v) is 14.8. The number of hydrogen-bond acceptors (Lipinski definition) is 4. The van der Waals surface area contributed by atoms with Crippen LogP contribution in [0.4, 0.5) is 0 Å². The third-order valence-corrected chi connectivity index (χ3v) is 3.77. The zero-order valence-electron chi connectivity index (χ0n) is 14.1. The van der Waals surface area contributed by atoms with E-state index in [0.717, 1.165) is 50.9 Å². The monoisotopic (exact) mass is 355 g/mol. The Morgan fingerprint density at radius 2 is 2.21 bits per heavy atom. The van der Waals surface area contributed by atoms with Crippen molar-refractivity contribution in [1.82, 2.24) is 10.6 Å². The zero-order chi connectivity index (χ0) is 17.0. The Morgan fingerprint density at radius 1 is 1.33 bits per heavy atom. The summed E-state index contributed by atoms with van der Waals surface area (Å²) in [7, 11) is 1.75. The van der Waals surface area contributed by atoms with Crippen molar-refractivity contribution < 1.29 is 14.2 Å². The Hall–Kier alpha value is -1.50. The maximum absolute atomic E-state index is 5.91. The predicted molar refractivity (Wildman–Crippen MR) is 96.1 cm³/mol. The Balaban J connectivity index is 1.50. The number of benzene rings is 1. The van der Waals surface area contributed by atoms with E-state index in [9.17, 15) is 0 Å². The molecule has 7 heteroatoms. The summed E-state index contributed by atoms with van der Waals surface area (Å²) in [6.45, 7) is 4.27. The number of rotatable bonds is 9. The molecule has 1 aliphatic heterocycles. The maximum Gasteiger partial charge on any atom is 0.191 e. The summed E-state index contributed by atoms with van der Waals surface area (Å²) in [5.41, 5.74) is 0. The maximum atomic E-state index is 5.91. The van der Waals surface area contributed by atoms with E-state index < -0.39 is 0 Å². The van der Waals surface area contributed by atoms with Gasteiger partial charge in [-0.1, -0.05) is 17.7 Å². The number of hydrogen-bond donors (Lipinski definition) is 2. The van der Waals surface area contributed by atoms with Crippen LogP contribution in [0.15, 0.2) is 29.3 Å². The van der Waals surface area contributed by atoms with Crippen molar-refractivity contribution in [3.63, 3.8) is 0 Å². The first-order chi connectivity index (χ1) is 11.8. The molecule has 0 aliphatic carbocycles. The van der Waals surface area contributed by atoms with Crippen molar-refractivity contribution in [3.05, 3.63) is 29.3 Å². The molecule has 0 aromatic heterocycles. The molecule has 2 N–H and O–H groups in total. The smallest absolute Gasteiger partial charge is 0.191 e. The van der Waals surface area contributed by atoms with Crippen molar-refractivity contribution in [2.24, 2.45) is 4.99 Å². The van der Waals surface area contributed by atoms with Gasteiger partial charge in [0.15, 0.2) is 5.96 Å². The van der Waals surface area contributed by atoms with Gasteiger partial charge in [0.1, 0.15) is 12.4 Å². The minimum Gasteiger partial charge on any atom is -0.492 e. The van der Waals surface area contributed by atoms with E-state index in [1.807, 2.05) is 18.2 Å². The average Bonchev–Trinajstić information content (AvgIpc) is 3.10. The van der Waals surface area contributed by atoms with Crippen LogP contribution in [-0.4, -0.2) is 58.6 Å². The van der Waals surface area contributed by atoms with Crippen LogP contribution in [-0.2, 0) is 9.47 Å². The Bertz CT molecular complexity index is 508. The first-order valence-electron chi connectivity index (χ1n) is 8.30. The van der Waals surface area contributed by atoms with Gasteiger partial charge < -0.3 is 24.8 Å². The largest absolute Gasteiger partial charge is 0.492 e. The number of halogens is 1. The molecule has 1 atom stereocenters. The second-order valence-corrected chi connectivity index (χ2v) is 5.88. The van der Waals surface area contributed by atoms with Crippen LogP contribution in [0.2, 0.25) is 5.02 Å². The van der Waals surface area contributed by atoms with Crippen molar-refractivity contribution in [2.75, 3.05) is 46.6 Å². The van der Waals surface area contributed by atoms with Crippen LogP contribution in [0.3, 0.4) is 0 Å². The molecule has 1 aliphatic rings. The van der Waals surface area contributed by atoms with Crippen LogP contribution in [0.5, 0.6) is 5.75 Å². The fourth-order valence-corrected chi connectivity index (χ4v) is 2.47. The number of nitrogens with one attached hydrogen (secondary N) is 2. The number of guanidine groups is 1. The second-order valence-electron chi connectivity index (χ2n) is 5.44. The van der Waals surface area contributed by atoms with Crippen molar-refractivity contribution in [3.8, 4) is 5.75 Å². The third kappa shape index (κ3) is 7.38. The van der Waals surface area contributed by atoms with Gasteiger partial charge in [-0.05, 0) is 31.0 Å². The Labute approximate surface area is 148 Å². The molecule has 0 amide bonds. The summed E-state index contributed by atoms with van der Waals surface area (Å²) in [6.07, 6.45) is 2.20. The van der Waals surface area contributed by atoms with E-state index in [0.29, 0.717) is 18.2 Å². The highest BCUT2D eigenvalue weighted by molar-refractivity contribution is 6.30. The topological polar surface area (TPSA) is 64.1 Å². The van der Waals surface area contributed by atoms with Crippen LogP contribution >= 0.6 is 11.6 Å². The van der Waals surface area contributed by atoms with E-state index in [4.69, 9.17) is 25.8 Å². The highest BCUT2D eigenvalue weighted by atomic mass is 35.5. The number of aliphatic imine (C=N–C) groups is 1. The summed E-state index contributed by atoms with van der Waals surface area (Å²) < 4.78 is 16.6. The first-order valence-corrected chi connectivity index (χ1v) is 8.68. The summed E-state index contributed by atoms with van der Waals surface area (Å²) >= 11 is 5.91. The number of nitrogens with zero attached hydrogens (tertiary/aromatic N) is 1. The lowest BCUT2D eigenvalue weighted by atomic mass is 10.3. The fraction of sp³-hybridized carbons (Fsp3) is 0.588. The van der Waals surface area contributed by atoms with Gasteiger partial charge in [0.2, 0.25) is 0 Å². The van der Waals surface area contributed by atoms with Crippen molar-refractivity contribution in [1.29, 1.82) is 0 Å². The van der Waals surface area contributed by atoms with Crippen molar-refractivity contribution >= 4 is 17.6 Å². The third-order valence-electron chi connectivity index (χ3n) is 3.54.